The number of carbonyl (C=O) groups excluding carboxylic acids is 1. The largest absolute Gasteiger partial charge is 0.335 e. The van der Waals surface area contributed by atoms with Crippen LogP contribution in [0.1, 0.15) is 20.2 Å². The van der Waals surface area contributed by atoms with Gasteiger partial charge < -0.3 is 4.90 Å². The Balaban J connectivity index is 1.48. The molecule has 1 aliphatic rings. The van der Waals surface area contributed by atoms with Crippen molar-refractivity contribution in [3.8, 4) is 0 Å². The minimum absolute atomic E-state index is 0.162. The fourth-order valence-electron chi connectivity index (χ4n) is 3.48. The van der Waals surface area contributed by atoms with Crippen LogP contribution >= 0.6 is 11.3 Å². The quantitative estimate of drug-likeness (QED) is 0.659. The van der Waals surface area contributed by atoms with Gasteiger partial charge in [0, 0.05) is 41.3 Å². The van der Waals surface area contributed by atoms with Crippen molar-refractivity contribution in [2.75, 3.05) is 26.2 Å². The summed E-state index contributed by atoms with van der Waals surface area (Å²) in [5.41, 5.74) is 1.16. The number of thiophene rings is 1. The summed E-state index contributed by atoms with van der Waals surface area (Å²) in [6, 6.07) is 13.0. The van der Waals surface area contributed by atoms with Crippen LogP contribution in [0.25, 0.3) is 10.9 Å². The number of para-hydroxylation sites is 1. The molecule has 1 fully saturated rings. The van der Waals surface area contributed by atoms with Crippen molar-refractivity contribution >= 4 is 38.2 Å². The van der Waals surface area contributed by atoms with E-state index in [2.05, 4.69) is 4.98 Å². The summed E-state index contributed by atoms with van der Waals surface area (Å²) in [5, 5.41) is 0.983. The third-order valence-corrected chi connectivity index (χ3v) is 8.08. The highest BCUT2D eigenvalue weighted by Gasteiger charge is 2.32. The maximum Gasteiger partial charge on any atom is 0.272 e. The second-order valence-electron chi connectivity index (χ2n) is 6.86. The van der Waals surface area contributed by atoms with Crippen LogP contribution in [0.3, 0.4) is 0 Å². The Labute approximate surface area is 168 Å². The number of fused-ring (bicyclic) bond motifs is 1. The molecular weight excluding hydrogens is 394 g/mol. The second kappa shape index (κ2) is 7.27. The fraction of sp³-hybridized carbons (Fsp3) is 0.300. The highest BCUT2D eigenvalue weighted by atomic mass is 32.2. The number of rotatable bonds is 3. The molecular formula is C20H21N3O3S2. The number of sulfonamides is 1. The van der Waals surface area contributed by atoms with E-state index in [1.165, 1.54) is 15.6 Å². The monoisotopic (exact) mass is 415 g/mol. The number of hydrogen-bond donors (Lipinski definition) is 0. The fourth-order valence-corrected chi connectivity index (χ4v) is 6.43. The Bertz CT molecular complexity index is 1150. The van der Waals surface area contributed by atoms with Crippen LogP contribution in [-0.4, -0.2) is 54.7 Å². The number of amides is 1. The van der Waals surface area contributed by atoms with Gasteiger partial charge in [-0.2, -0.15) is 4.31 Å². The maximum absolute atomic E-state index is 12.9. The normalized spacial score (nSPS) is 15.9. The van der Waals surface area contributed by atoms with Crippen LogP contribution in [0.2, 0.25) is 0 Å². The van der Waals surface area contributed by atoms with Crippen LogP contribution in [0.5, 0.6) is 0 Å². The molecule has 3 heterocycles. The van der Waals surface area contributed by atoms with E-state index < -0.39 is 10.0 Å². The number of hydrogen-bond acceptors (Lipinski definition) is 5. The summed E-state index contributed by atoms with van der Waals surface area (Å²) in [5.74, 6) is -0.162. The zero-order chi connectivity index (χ0) is 19.9. The van der Waals surface area contributed by atoms with Crippen molar-refractivity contribution in [1.82, 2.24) is 14.2 Å². The number of aromatic nitrogens is 1. The molecule has 1 aliphatic heterocycles. The lowest BCUT2D eigenvalue weighted by Gasteiger charge is -2.33. The average molecular weight is 416 g/mol. The van der Waals surface area contributed by atoms with E-state index in [1.807, 2.05) is 44.2 Å². The number of pyridine rings is 1. The first kappa shape index (κ1) is 19.0. The summed E-state index contributed by atoms with van der Waals surface area (Å²) in [6.07, 6.45) is 0. The standard InChI is InChI=1S/C20H21N3O3S2/c1-14-13-19(15(2)27-14)28(25,26)23-11-9-22(10-12-23)20(24)18-8-7-16-5-3-4-6-17(16)21-18/h3-8,13H,9-12H2,1-2H3. The minimum Gasteiger partial charge on any atom is -0.335 e. The maximum atomic E-state index is 12.9. The molecule has 0 N–H and O–H groups in total. The smallest absolute Gasteiger partial charge is 0.272 e. The lowest BCUT2D eigenvalue weighted by Crippen LogP contribution is -2.50. The van der Waals surface area contributed by atoms with Crippen molar-refractivity contribution in [3.63, 3.8) is 0 Å². The van der Waals surface area contributed by atoms with Crippen LogP contribution in [0.4, 0.5) is 0 Å². The first-order chi connectivity index (χ1) is 13.4. The van der Waals surface area contributed by atoms with Crippen molar-refractivity contribution in [3.05, 3.63) is 57.9 Å². The van der Waals surface area contributed by atoms with E-state index in [1.54, 1.807) is 17.0 Å². The highest BCUT2D eigenvalue weighted by molar-refractivity contribution is 7.89. The lowest BCUT2D eigenvalue weighted by atomic mass is 10.2. The molecule has 1 amide bonds. The topological polar surface area (TPSA) is 70.6 Å². The summed E-state index contributed by atoms with van der Waals surface area (Å²) in [4.78, 5) is 21.1. The number of piperazine rings is 1. The van der Waals surface area contributed by atoms with E-state index in [4.69, 9.17) is 0 Å². The van der Waals surface area contributed by atoms with Gasteiger partial charge in [0.05, 0.1) is 10.4 Å². The first-order valence-corrected chi connectivity index (χ1v) is 11.3. The first-order valence-electron chi connectivity index (χ1n) is 9.08. The van der Waals surface area contributed by atoms with Crippen LogP contribution in [0, 0.1) is 13.8 Å². The van der Waals surface area contributed by atoms with Gasteiger partial charge in [-0.25, -0.2) is 13.4 Å². The van der Waals surface area contributed by atoms with E-state index in [0.717, 1.165) is 20.7 Å². The van der Waals surface area contributed by atoms with Gasteiger partial charge in [-0.1, -0.05) is 24.3 Å². The summed E-state index contributed by atoms with van der Waals surface area (Å²) >= 11 is 1.49. The van der Waals surface area contributed by atoms with Crippen molar-refractivity contribution in [1.29, 1.82) is 0 Å². The number of benzene rings is 1. The third kappa shape index (κ3) is 3.43. The van der Waals surface area contributed by atoms with Crippen LogP contribution in [-0.2, 0) is 10.0 Å². The molecule has 0 atom stereocenters. The molecule has 4 rings (SSSR count). The highest BCUT2D eigenvalue weighted by Crippen LogP contribution is 2.28. The second-order valence-corrected chi connectivity index (χ2v) is 10.2. The summed E-state index contributed by atoms with van der Waals surface area (Å²) in [6.45, 7) is 5.02. The molecule has 1 aromatic carbocycles. The molecule has 1 saturated heterocycles. The average Bonchev–Trinajstić information content (AvgIpc) is 3.06. The Morgan fingerprint density at radius 3 is 2.43 bits per heavy atom. The van der Waals surface area contributed by atoms with Crippen LogP contribution < -0.4 is 0 Å². The van der Waals surface area contributed by atoms with Gasteiger partial charge in [0.1, 0.15) is 5.69 Å². The Kier molecular flexibility index (Phi) is 4.95. The van der Waals surface area contributed by atoms with Crippen molar-refractivity contribution in [2.24, 2.45) is 0 Å². The molecule has 146 valence electrons. The van der Waals surface area contributed by atoms with Gasteiger partial charge in [0.2, 0.25) is 10.0 Å². The molecule has 0 radical (unpaired) electrons. The number of aryl methyl sites for hydroxylation is 2. The Morgan fingerprint density at radius 2 is 1.75 bits per heavy atom. The summed E-state index contributed by atoms with van der Waals surface area (Å²) < 4.78 is 27.3. The van der Waals surface area contributed by atoms with Gasteiger partial charge >= 0.3 is 0 Å². The number of nitrogens with zero attached hydrogens (tertiary/aromatic N) is 3. The van der Waals surface area contributed by atoms with E-state index in [9.17, 15) is 13.2 Å². The van der Waals surface area contributed by atoms with Gasteiger partial charge in [0.15, 0.2) is 0 Å². The molecule has 0 unspecified atom stereocenters. The van der Waals surface area contributed by atoms with Crippen molar-refractivity contribution in [2.45, 2.75) is 18.7 Å². The minimum atomic E-state index is -3.52. The molecule has 6 nitrogen and oxygen atoms in total. The van der Waals surface area contributed by atoms with Gasteiger partial charge in [0.25, 0.3) is 5.91 Å². The van der Waals surface area contributed by atoms with Gasteiger partial charge in [-0.15, -0.1) is 11.3 Å². The zero-order valence-electron chi connectivity index (χ0n) is 15.8. The molecule has 0 bridgehead atoms. The molecule has 0 saturated carbocycles. The summed E-state index contributed by atoms with van der Waals surface area (Å²) in [7, 11) is -3.52. The van der Waals surface area contributed by atoms with Crippen molar-refractivity contribution < 1.29 is 13.2 Å². The van der Waals surface area contributed by atoms with E-state index in [-0.39, 0.29) is 19.0 Å². The third-order valence-electron chi connectivity index (χ3n) is 4.96. The zero-order valence-corrected chi connectivity index (χ0v) is 17.4. The predicted octanol–water partition coefficient (Wildman–Crippen LogP) is 3.06. The molecule has 28 heavy (non-hydrogen) atoms. The SMILES string of the molecule is Cc1cc(S(=O)(=O)N2CCN(C(=O)c3ccc4ccccc4n3)CC2)c(C)s1. The predicted molar refractivity (Wildman–Crippen MR) is 110 cm³/mol. The Hall–Kier alpha value is -2.29. The van der Waals surface area contributed by atoms with Crippen LogP contribution in [0.15, 0.2) is 47.4 Å². The van der Waals surface area contributed by atoms with E-state index >= 15 is 0 Å². The Morgan fingerprint density at radius 1 is 1.04 bits per heavy atom. The molecule has 0 aliphatic carbocycles. The lowest BCUT2D eigenvalue weighted by molar-refractivity contribution is 0.0692. The number of carbonyl (C=O) groups is 1. The molecule has 3 aromatic rings. The van der Waals surface area contributed by atoms with E-state index in [0.29, 0.717) is 23.7 Å². The molecule has 8 heteroatoms. The van der Waals surface area contributed by atoms with Gasteiger partial charge in [-0.3, -0.25) is 4.79 Å². The molecule has 0 spiro atoms. The molecule has 2 aromatic heterocycles. The van der Waals surface area contributed by atoms with Gasteiger partial charge in [-0.05, 0) is 32.0 Å².